The minimum Gasteiger partial charge on any atom is -0.481 e. The predicted molar refractivity (Wildman–Crippen MR) is 91.2 cm³/mol. The second-order valence-corrected chi connectivity index (χ2v) is 6.68. The number of alkyl carbamates (subject to hydrolysis) is 1. The Kier molecular flexibility index (Phi) is 7.47. The van der Waals surface area contributed by atoms with Crippen LogP contribution in [0, 0.1) is 10.1 Å². The van der Waals surface area contributed by atoms with Crippen molar-refractivity contribution in [2.24, 2.45) is 5.90 Å². The molecule has 1 atom stereocenters. The van der Waals surface area contributed by atoms with Crippen molar-refractivity contribution in [1.82, 2.24) is 5.32 Å². The van der Waals surface area contributed by atoms with Gasteiger partial charge in [0.2, 0.25) is 0 Å². The third-order valence-electron chi connectivity index (χ3n) is 3.20. The summed E-state index contributed by atoms with van der Waals surface area (Å²) in [5.74, 6) is 3.86. The molecule has 0 aliphatic heterocycles. The maximum absolute atomic E-state index is 11.9. The Morgan fingerprint density at radius 1 is 1.38 bits per heavy atom. The van der Waals surface area contributed by atoms with Gasteiger partial charge in [-0.25, -0.2) is 10.7 Å². The Balaban J connectivity index is 3.05. The molecule has 0 unspecified atom stereocenters. The van der Waals surface area contributed by atoms with Gasteiger partial charge in [-0.3, -0.25) is 19.7 Å². The Bertz CT molecular complexity index is 670. The molecule has 144 valence electrons. The number of benzene rings is 1. The van der Waals surface area contributed by atoms with Crippen LogP contribution < -0.4 is 11.2 Å². The molecule has 0 fully saturated rings. The van der Waals surface area contributed by atoms with Gasteiger partial charge < -0.3 is 15.2 Å². The average Bonchev–Trinajstić information content (AvgIpc) is 2.44. The molecular formula is C16H23N3O7. The van der Waals surface area contributed by atoms with Crippen LogP contribution in [-0.2, 0) is 27.4 Å². The molecule has 1 aromatic carbocycles. The zero-order valence-electron chi connectivity index (χ0n) is 14.9. The molecular weight excluding hydrogens is 346 g/mol. The number of nitro groups is 1. The van der Waals surface area contributed by atoms with Gasteiger partial charge in [0.15, 0.2) is 0 Å². The topological polar surface area (TPSA) is 154 Å². The second-order valence-electron chi connectivity index (χ2n) is 6.68. The van der Waals surface area contributed by atoms with Crippen LogP contribution in [-0.4, -0.2) is 33.7 Å². The highest BCUT2D eigenvalue weighted by Crippen LogP contribution is 2.23. The quantitative estimate of drug-likeness (QED) is 0.463. The molecule has 4 N–H and O–H groups in total. The summed E-state index contributed by atoms with van der Waals surface area (Å²) in [5.41, 5.74) is -0.110. The van der Waals surface area contributed by atoms with Crippen molar-refractivity contribution in [2.45, 2.75) is 51.9 Å². The van der Waals surface area contributed by atoms with Crippen molar-refractivity contribution in [1.29, 1.82) is 0 Å². The summed E-state index contributed by atoms with van der Waals surface area (Å²) in [6.45, 7) is 5.04. The van der Waals surface area contributed by atoms with Crippen LogP contribution in [0.5, 0.6) is 0 Å². The van der Waals surface area contributed by atoms with E-state index in [1.54, 1.807) is 20.8 Å². The van der Waals surface area contributed by atoms with Crippen LogP contribution in [0.1, 0.15) is 38.3 Å². The summed E-state index contributed by atoms with van der Waals surface area (Å²) in [5, 5.41) is 22.7. The van der Waals surface area contributed by atoms with Crippen molar-refractivity contribution in [2.75, 3.05) is 0 Å². The van der Waals surface area contributed by atoms with Crippen LogP contribution in [0.2, 0.25) is 0 Å². The van der Waals surface area contributed by atoms with Gasteiger partial charge in [-0.15, -0.1) is 0 Å². The first kappa shape index (κ1) is 21.3. The summed E-state index contributed by atoms with van der Waals surface area (Å²) in [4.78, 5) is 38.2. The minimum absolute atomic E-state index is 0.0358. The van der Waals surface area contributed by atoms with Crippen molar-refractivity contribution in [3.05, 3.63) is 39.4 Å². The van der Waals surface area contributed by atoms with Crippen molar-refractivity contribution in [3.63, 3.8) is 0 Å². The van der Waals surface area contributed by atoms with Crippen LogP contribution in [0.15, 0.2) is 18.2 Å². The molecule has 0 aliphatic rings. The number of nitro benzene ring substituents is 1. The summed E-state index contributed by atoms with van der Waals surface area (Å²) >= 11 is 0. The van der Waals surface area contributed by atoms with Crippen LogP contribution in [0.4, 0.5) is 10.5 Å². The van der Waals surface area contributed by atoms with E-state index in [0.29, 0.717) is 5.56 Å². The molecule has 0 saturated heterocycles. The summed E-state index contributed by atoms with van der Waals surface area (Å²) in [6, 6.07) is 3.38. The number of nitrogens with zero attached hydrogens (tertiary/aromatic N) is 1. The first-order valence-electron chi connectivity index (χ1n) is 7.81. The lowest BCUT2D eigenvalue weighted by molar-refractivity contribution is -0.385. The number of carbonyl (C=O) groups is 2. The van der Waals surface area contributed by atoms with Gasteiger partial charge in [-0.1, -0.05) is 0 Å². The van der Waals surface area contributed by atoms with Gasteiger partial charge in [0, 0.05) is 24.1 Å². The molecule has 1 amide bonds. The molecule has 26 heavy (non-hydrogen) atoms. The fourth-order valence-electron chi connectivity index (χ4n) is 2.29. The Morgan fingerprint density at radius 2 is 2.04 bits per heavy atom. The van der Waals surface area contributed by atoms with E-state index in [4.69, 9.17) is 15.7 Å². The lowest BCUT2D eigenvalue weighted by Gasteiger charge is -2.23. The number of nitrogens with one attached hydrogen (secondary N) is 1. The Hall–Kier alpha value is -2.72. The van der Waals surface area contributed by atoms with Gasteiger partial charge in [0.1, 0.15) is 5.60 Å². The van der Waals surface area contributed by atoms with Gasteiger partial charge in [0.05, 0.1) is 18.0 Å². The Labute approximate surface area is 150 Å². The highest BCUT2D eigenvalue weighted by molar-refractivity contribution is 5.71. The predicted octanol–water partition coefficient (Wildman–Crippen LogP) is 1.90. The first-order chi connectivity index (χ1) is 12.0. The molecule has 0 heterocycles. The van der Waals surface area contributed by atoms with Crippen molar-refractivity contribution >= 4 is 17.7 Å². The number of hydrogen-bond acceptors (Lipinski definition) is 7. The van der Waals surface area contributed by atoms with E-state index < -0.39 is 35.0 Å². The van der Waals surface area contributed by atoms with E-state index in [1.807, 2.05) is 0 Å². The van der Waals surface area contributed by atoms with Gasteiger partial charge >= 0.3 is 12.1 Å². The maximum Gasteiger partial charge on any atom is 0.407 e. The van der Waals surface area contributed by atoms with Crippen LogP contribution in [0.3, 0.4) is 0 Å². The van der Waals surface area contributed by atoms with E-state index >= 15 is 0 Å². The highest BCUT2D eigenvalue weighted by atomic mass is 16.6. The SMILES string of the molecule is CC(C)(C)OC(=O)N[C@H](CC(=O)O)Cc1cc(CON)ccc1[N+](=O)[O-]. The molecule has 0 spiro atoms. The molecule has 10 nitrogen and oxygen atoms in total. The standard InChI is InChI=1S/C16H23N3O7/c1-16(2,3)26-15(22)18-12(8-14(20)21)7-11-6-10(9-25-17)4-5-13(11)19(23)24/h4-6,12H,7-9,17H2,1-3H3,(H,18,22)(H,20,21)/t12-/m0/s1. The van der Waals surface area contributed by atoms with E-state index in [-0.39, 0.29) is 24.3 Å². The normalized spacial score (nSPS) is 12.3. The number of hydrogen-bond donors (Lipinski definition) is 3. The molecule has 0 saturated carbocycles. The molecule has 0 aliphatic carbocycles. The van der Waals surface area contributed by atoms with E-state index in [0.717, 1.165) is 0 Å². The van der Waals surface area contributed by atoms with Gasteiger partial charge in [0.25, 0.3) is 5.69 Å². The molecule has 0 bridgehead atoms. The van der Waals surface area contributed by atoms with Gasteiger partial charge in [-0.05, 0) is 38.5 Å². The minimum atomic E-state index is -1.16. The van der Waals surface area contributed by atoms with Crippen LogP contribution >= 0.6 is 0 Å². The van der Waals surface area contributed by atoms with Gasteiger partial charge in [-0.2, -0.15) is 0 Å². The number of nitrogens with two attached hydrogens (primary N) is 1. The second kappa shape index (κ2) is 9.11. The largest absolute Gasteiger partial charge is 0.481 e. The molecule has 10 heteroatoms. The van der Waals surface area contributed by atoms with Crippen molar-refractivity contribution < 1.29 is 29.2 Å². The number of ether oxygens (including phenoxy) is 1. The van der Waals surface area contributed by atoms with Crippen molar-refractivity contribution in [3.8, 4) is 0 Å². The molecule has 0 radical (unpaired) electrons. The number of rotatable bonds is 8. The fourth-order valence-corrected chi connectivity index (χ4v) is 2.29. The third-order valence-corrected chi connectivity index (χ3v) is 3.20. The molecule has 0 aromatic heterocycles. The monoisotopic (exact) mass is 369 g/mol. The number of carboxylic acid groups (broad SMARTS) is 1. The number of aliphatic carboxylic acids is 1. The Morgan fingerprint density at radius 3 is 2.54 bits per heavy atom. The summed E-state index contributed by atoms with van der Waals surface area (Å²) in [6.07, 6.45) is -1.29. The molecule has 1 aromatic rings. The van der Waals surface area contributed by atoms with E-state index in [1.165, 1.54) is 18.2 Å². The highest BCUT2D eigenvalue weighted by Gasteiger charge is 2.24. The lowest BCUT2D eigenvalue weighted by Crippen LogP contribution is -2.41. The maximum atomic E-state index is 11.9. The van der Waals surface area contributed by atoms with E-state index in [2.05, 4.69) is 10.2 Å². The smallest absolute Gasteiger partial charge is 0.407 e. The van der Waals surface area contributed by atoms with Crippen LogP contribution in [0.25, 0.3) is 0 Å². The fraction of sp³-hybridized carbons (Fsp3) is 0.500. The van der Waals surface area contributed by atoms with E-state index in [9.17, 15) is 19.7 Å². The number of amides is 1. The summed E-state index contributed by atoms with van der Waals surface area (Å²) < 4.78 is 5.11. The summed E-state index contributed by atoms with van der Waals surface area (Å²) in [7, 11) is 0. The third kappa shape index (κ3) is 7.45. The molecule has 1 rings (SSSR count). The first-order valence-corrected chi connectivity index (χ1v) is 7.81. The average molecular weight is 369 g/mol. The lowest BCUT2D eigenvalue weighted by atomic mass is 9.99. The zero-order valence-corrected chi connectivity index (χ0v) is 14.9. The number of carboxylic acids is 1. The zero-order chi connectivity index (χ0) is 19.9. The number of carbonyl (C=O) groups excluding carboxylic acids is 1.